The van der Waals surface area contributed by atoms with Crippen molar-refractivity contribution in [1.82, 2.24) is 25.8 Å². The van der Waals surface area contributed by atoms with Gasteiger partial charge in [-0.2, -0.15) is 0 Å². The third-order valence-corrected chi connectivity index (χ3v) is 9.08. The summed E-state index contributed by atoms with van der Waals surface area (Å²) < 4.78 is 19.5. The summed E-state index contributed by atoms with van der Waals surface area (Å²) in [6.07, 6.45) is 6.84. The molecule has 50 heavy (non-hydrogen) atoms. The van der Waals surface area contributed by atoms with Gasteiger partial charge < -0.3 is 31.8 Å². The van der Waals surface area contributed by atoms with E-state index in [2.05, 4.69) is 25.9 Å². The monoisotopic (exact) mass is 690 g/mol. The fourth-order valence-electron chi connectivity index (χ4n) is 6.27. The molecular formula is C37H51FN8O4. The number of aliphatic imine (C=N–C) groups is 1. The Morgan fingerprint density at radius 3 is 2.32 bits per heavy atom. The number of carbonyl (C=O) groups excluding carboxylic acids is 3. The molecule has 2 aromatic carbocycles. The van der Waals surface area contributed by atoms with E-state index in [0.29, 0.717) is 50.4 Å². The number of carbonyl (C=O) groups is 3. The Labute approximate surface area is 293 Å². The standard InChI is InChI=1S/C37H51FN8O4/c1-24-32(45-36(50-24)31(46(2)3)22-26-16-18-28(38)19-17-26)35(49)44-30(21-25-11-6-4-7-12-25)34(48)43-29(15-10-20-41-37(39)40)33(47)42-23-27-13-8-5-9-14-27/h5,8-9,13-14,16-19,25,29-31H,4,6-7,10-12,15,20-23H2,1-3H3,(H,42,47)(H,43,48)(H,44,49)(H4,39,40,41)/t29-,30-,31-/m0/s1. The van der Waals surface area contributed by atoms with Crippen LogP contribution in [0.1, 0.15) is 90.7 Å². The molecule has 0 aliphatic heterocycles. The lowest BCUT2D eigenvalue weighted by Gasteiger charge is -2.28. The van der Waals surface area contributed by atoms with Crippen LogP contribution in [0.2, 0.25) is 0 Å². The molecule has 1 saturated carbocycles. The van der Waals surface area contributed by atoms with E-state index >= 15 is 0 Å². The van der Waals surface area contributed by atoms with Gasteiger partial charge in [0.05, 0.1) is 6.04 Å². The van der Waals surface area contributed by atoms with Crippen LogP contribution < -0.4 is 27.4 Å². The van der Waals surface area contributed by atoms with Gasteiger partial charge in [0.25, 0.3) is 5.91 Å². The molecule has 0 unspecified atom stereocenters. The molecule has 4 rings (SSSR count). The molecule has 0 bridgehead atoms. The lowest BCUT2D eigenvalue weighted by atomic mass is 9.84. The van der Waals surface area contributed by atoms with E-state index in [9.17, 15) is 18.8 Å². The summed E-state index contributed by atoms with van der Waals surface area (Å²) in [6.45, 7) is 2.26. The number of halogens is 1. The van der Waals surface area contributed by atoms with Crippen molar-refractivity contribution >= 4 is 23.7 Å². The van der Waals surface area contributed by atoms with E-state index < -0.39 is 23.9 Å². The third kappa shape index (κ3) is 11.7. The van der Waals surface area contributed by atoms with Gasteiger partial charge in [-0.1, -0.05) is 74.6 Å². The predicted octanol–water partition coefficient (Wildman–Crippen LogP) is 3.89. The number of aryl methyl sites for hydroxylation is 1. The Bertz CT molecular complexity index is 1570. The Balaban J connectivity index is 1.51. The van der Waals surface area contributed by atoms with E-state index in [1.54, 1.807) is 19.1 Å². The number of likely N-dealkylation sites (N-methyl/N-ethyl adjacent to an activating group) is 1. The van der Waals surface area contributed by atoms with Crippen LogP contribution in [0.25, 0.3) is 0 Å². The Morgan fingerprint density at radius 2 is 1.66 bits per heavy atom. The molecule has 1 fully saturated rings. The van der Waals surface area contributed by atoms with Gasteiger partial charge in [-0.25, -0.2) is 9.37 Å². The van der Waals surface area contributed by atoms with Crippen molar-refractivity contribution in [3.05, 3.63) is 88.9 Å². The van der Waals surface area contributed by atoms with Crippen LogP contribution in [-0.2, 0) is 22.6 Å². The van der Waals surface area contributed by atoms with Gasteiger partial charge in [-0.3, -0.25) is 24.3 Å². The largest absolute Gasteiger partial charge is 0.443 e. The van der Waals surface area contributed by atoms with Gasteiger partial charge in [-0.05, 0) is 75.9 Å². The van der Waals surface area contributed by atoms with Crippen molar-refractivity contribution in [2.24, 2.45) is 22.4 Å². The number of amides is 3. The van der Waals surface area contributed by atoms with Crippen LogP contribution in [-0.4, -0.2) is 66.3 Å². The number of nitrogens with one attached hydrogen (secondary N) is 3. The number of aromatic nitrogens is 1. The van der Waals surface area contributed by atoms with Gasteiger partial charge in [0.2, 0.25) is 17.7 Å². The highest BCUT2D eigenvalue weighted by molar-refractivity contribution is 5.97. The summed E-state index contributed by atoms with van der Waals surface area (Å²) >= 11 is 0. The molecule has 0 saturated heterocycles. The number of guanidine groups is 1. The second-order valence-electron chi connectivity index (χ2n) is 13.2. The lowest BCUT2D eigenvalue weighted by Crippen LogP contribution is -2.54. The first-order chi connectivity index (χ1) is 24.0. The fraction of sp³-hybridized carbons (Fsp3) is 0.486. The first-order valence-corrected chi connectivity index (χ1v) is 17.4. The van der Waals surface area contributed by atoms with Crippen LogP contribution >= 0.6 is 0 Å². The molecule has 0 radical (unpaired) electrons. The zero-order valence-corrected chi connectivity index (χ0v) is 29.3. The third-order valence-electron chi connectivity index (χ3n) is 9.08. The zero-order chi connectivity index (χ0) is 36.0. The lowest BCUT2D eigenvalue weighted by molar-refractivity contribution is -0.130. The molecule has 1 aliphatic rings. The SMILES string of the molecule is Cc1oc([C@H](Cc2ccc(F)cc2)N(C)C)nc1C(=O)N[C@@H](CC1CCCCC1)C(=O)N[C@@H](CCCN=C(N)N)C(=O)NCc1ccccc1. The van der Waals surface area contributed by atoms with Crippen molar-refractivity contribution in [3.63, 3.8) is 0 Å². The van der Waals surface area contributed by atoms with Gasteiger partial charge in [0.15, 0.2) is 11.7 Å². The van der Waals surface area contributed by atoms with Crippen molar-refractivity contribution in [2.75, 3.05) is 20.6 Å². The minimum absolute atomic E-state index is 0.0481. The Kier molecular flexibility index (Phi) is 14.3. The Morgan fingerprint density at radius 1 is 0.960 bits per heavy atom. The van der Waals surface area contributed by atoms with Crippen LogP contribution in [0.5, 0.6) is 0 Å². The zero-order valence-electron chi connectivity index (χ0n) is 29.3. The van der Waals surface area contributed by atoms with Crippen molar-refractivity contribution in [1.29, 1.82) is 0 Å². The van der Waals surface area contributed by atoms with Crippen LogP contribution in [0.4, 0.5) is 4.39 Å². The van der Waals surface area contributed by atoms with E-state index in [1.165, 1.54) is 12.1 Å². The molecule has 7 N–H and O–H groups in total. The number of benzene rings is 2. The van der Waals surface area contributed by atoms with Crippen LogP contribution in [0, 0.1) is 18.7 Å². The quantitative estimate of drug-likeness (QED) is 0.0804. The average molecular weight is 691 g/mol. The normalized spacial score (nSPS) is 15.1. The molecule has 12 nitrogen and oxygen atoms in total. The minimum atomic E-state index is -0.906. The average Bonchev–Trinajstić information content (AvgIpc) is 3.49. The number of rotatable bonds is 17. The molecular weight excluding hydrogens is 639 g/mol. The fourth-order valence-corrected chi connectivity index (χ4v) is 6.27. The smallest absolute Gasteiger partial charge is 0.274 e. The van der Waals surface area contributed by atoms with Crippen LogP contribution in [0.15, 0.2) is 64.0 Å². The summed E-state index contributed by atoms with van der Waals surface area (Å²) in [5.41, 5.74) is 12.9. The maximum Gasteiger partial charge on any atom is 0.274 e. The van der Waals surface area contributed by atoms with E-state index in [-0.39, 0.29) is 35.3 Å². The molecule has 13 heteroatoms. The highest BCUT2D eigenvalue weighted by Crippen LogP contribution is 2.28. The molecule has 1 aromatic heterocycles. The number of nitrogens with two attached hydrogens (primary N) is 2. The molecule has 1 aliphatic carbocycles. The molecule has 270 valence electrons. The first-order valence-electron chi connectivity index (χ1n) is 17.4. The van der Waals surface area contributed by atoms with Gasteiger partial charge >= 0.3 is 0 Å². The molecule has 3 atom stereocenters. The summed E-state index contributed by atoms with van der Waals surface area (Å²) in [5, 5.41) is 8.77. The number of oxazole rings is 1. The summed E-state index contributed by atoms with van der Waals surface area (Å²) in [6, 6.07) is 13.6. The summed E-state index contributed by atoms with van der Waals surface area (Å²) in [5.74, 6) is -0.798. The van der Waals surface area contributed by atoms with Crippen molar-refractivity contribution in [2.45, 2.75) is 89.4 Å². The predicted molar refractivity (Wildman–Crippen MR) is 190 cm³/mol. The molecule has 0 spiro atoms. The minimum Gasteiger partial charge on any atom is -0.443 e. The van der Waals surface area contributed by atoms with E-state index in [1.807, 2.05) is 49.3 Å². The molecule has 3 amide bonds. The van der Waals surface area contributed by atoms with Crippen molar-refractivity contribution < 1.29 is 23.2 Å². The second kappa shape index (κ2) is 18.8. The second-order valence-corrected chi connectivity index (χ2v) is 13.2. The maximum absolute atomic E-state index is 14.0. The number of hydrogen-bond acceptors (Lipinski definition) is 7. The highest BCUT2D eigenvalue weighted by atomic mass is 19.1. The number of hydrogen-bond donors (Lipinski definition) is 5. The number of nitrogens with zero attached hydrogens (tertiary/aromatic N) is 3. The van der Waals surface area contributed by atoms with Crippen LogP contribution in [0.3, 0.4) is 0 Å². The molecule has 1 heterocycles. The van der Waals surface area contributed by atoms with Crippen molar-refractivity contribution in [3.8, 4) is 0 Å². The van der Waals surface area contributed by atoms with E-state index in [4.69, 9.17) is 15.9 Å². The highest BCUT2D eigenvalue weighted by Gasteiger charge is 2.32. The summed E-state index contributed by atoms with van der Waals surface area (Å²) in [7, 11) is 3.75. The van der Waals surface area contributed by atoms with E-state index in [0.717, 1.165) is 43.2 Å². The van der Waals surface area contributed by atoms with Gasteiger partial charge in [0, 0.05) is 13.1 Å². The van der Waals surface area contributed by atoms with Gasteiger partial charge in [0.1, 0.15) is 23.7 Å². The summed E-state index contributed by atoms with van der Waals surface area (Å²) in [4.78, 5) is 51.7. The Hall–Kier alpha value is -4.78. The first kappa shape index (κ1) is 38.0. The van der Waals surface area contributed by atoms with Gasteiger partial charge in [-0.15, -0.1) is 0 Å². The maximum atomic E-state index is 14.0. The topological polar surface area (TPSA) is 181 Å². The molecule has 3 aromatic rings.